The molecule has 0 radical (unpaired) electrons. The third kappa shape index (κ3) is 9.36. The number of carbonyl (C=O) groups excluding carboxylic acids is 2. The molecule has 0 aliphatic carbocycles. The lowest BCUT2D eigenvalue weighted by Gasteiger charge is -2.26. The van der Waals surface area contributed by atoms with Crippen LogP contribution in [0.25, 0.3) is 17.2 Å². The predicted octanol–water partition coefficient (Wildman–Crippen LogP) is 6.43. The molecule has 3 aromatic carbocycles. The van der Waals surface area contributed by atoms with E-state index in [-0.39, 0.29) is 36.4 Å². The van der Waals surface area contributed by atoms with Gasteiger partial charge in [0.2, 0.25) is 5.91 Å². The smallest absolute Gasteiger partial charge is 0.335 e. The molecule has 48 heavy (non-hydrogen) atoms. The summed E-state index contributed by atoms with van der Waals surface area (Å²) >= 11 is 13.4. The van der Waals surface area contributed by atoms with E-state index in [1.54, 1.807) is 12.1 Å². The van der Waals surface area contributed by atoms with Crippen LogP contribution in [0.1, 0.15) is 36.2 Å². The van der Waals surface area contributed by atoms with Crippen LogP contribution in [0.5, 0.6) is 11.5 Å². The standard InChI is InChI=1S/C35H36ClN3O7S2/c1-22(2)46-27-8-9-28(29(36)21-27)24-5-10-30(45-18-15-38-13-16-44-17-14-38)25(19-24)20-31-33(41)39(35(47)48-31)12-11-32(40)37-26-6-3-23(4-7-26)34(42)43/h3-10,19-22H,11-18H2,1-2H3,(H,37,40)(H,42,43). The van der Waals surface area contributed by atoms with E-state index in [1.807, 2.05) is 44.2 Å². The lowest BCUT2D eigenvalue weighted by Crippen LogP contribution is -2.38. The molecule has 2 heterocycles. The van der Waals surface area contributed by atoms with Crippen LogP contribution in [0.15, 0.2) is 65.6 Å². The van der Waals surface area contributed by atoms with Crippen LogP contribution in [0.2, 0.25) is 5.02 Å². The first-order chi connectivity index (χ1) is 23.1. The molecule has 0 saturated carbocycles. The zero-order valence-electron chi connectivity index (χ0n) is 26.6. The van der Waals surface area contributed by atoms with Crippen molar-refractivity contribution in [3.8, 4) is 22.6 Å². The van der Waals surface area contributed by atoms with E-state index in [9.17, 15) is 14.4 Å². The normalized spacial score (nSPS) is 16.1. The van der Waals surface area contributed by atoms with Crippen molar-refractivity contribution in [3.05, 3.63) is 81.7 Å². The minimum atomic E-state index is -1.05. The van der Waals surface area contributed by atoms with E-state index in [4.69, 9.17) is 43.1 Å². The molecular formula is C35H36ClN3O7S2. The van der Waals surface area contributed by atoms with Gasteiger partial charge in [0.15, 0.2) is 0 Å². The van der Waals surface area contributed by atoms with E-state index in [0.717, 1.165) is 30.8 Å². The minimum absolute atomic E-state index is 0.000800. The quantitative estimate of drug-likeness (QED) is 0.152. The molecule has 2 amide bonds. The summed E-state index contributed by atoms with van der Waals surface area (Å²) in [7, 11) is 0. The van der Waals surface area contributed by atoms with Gasteiger partial charge in [-0.05, 0) is 80.1 Å². The summed E-state index contributed by atoms with van der Waals surface area (Å²) in [6.07, 6.45) is 1.78. The van der Waals surface area contributed by atoms with Gasteiger partial charge in [0, 0.05) is 49.4 Å². The number of ether oxygens (including phenoxy) is 3. The Morgan fingerprint density at radius 1 is 1.08 bits per heavy atom. The number of carbonyl (C=O) groups is 3. The number of hydrogen-bond acceptors (Lipinski definition) is 9. The first-order valence-electron chi connectivity index (χ1n) is 15.5. The van der Waals surface area contributed by atoms with Crippen LogP contribution in [0.4, 0.5) is 5.69 Å². The van der Waals surface area contributed by atoms with Crippen LogP contribution >= 0.6 is 35.6 Å². The van der Waals surface area contributed by atoms with Gasteiger partial charge < -0.3 is 24.6 Å². The van der Waals surface area contributed by atoms with Gasteiger partial charge in [-0.1, -0.05) is 41.6 Å². The summed E-state index contributed by atoms with van der Waals surface area (Å²) in [4.78, 5) is 41.3. The first-order valence-corrected chi connectivity index (χ1v) is 17.1. The fraction of sp³-hybridized carbons (Fsp3) is 0.314. The molecular weight excluding hydrogens is 674 g/mol. The molecule has 0 bridgehead atoms. The number of benzene rings is 3. The minimum Gasteiger partial charge on any atom is -0.492 e. The Balaban J connectivity index is 1.32. The second kappa shape index (κ2) is 16.4. The monoisotopic (exact) mass is 709 g/mol. The van der Waals surface area contributed by atoms with Gasteiger partial charge in [-0.15, -0.1) is 0 Å². The van der Waals surface area contributed by atoms with Gasteiger partial charge in [0.25, 0.3) is 5.91 Å². The Morgan fingerprint density at radius 3 is 2.52 bits per heavy atom. The molecule has 2 saturated heterocycles. The molecule has 0 atom stereocenters. The number of amides is 2. The Bertz CT molecular complexity index is 1710. The fourth-order valence-corrected chi connectivity index (χ4v) is 6.69. The van der Waals surface area contributed by atoms with Gasteiger partial charge in [0.05, 0.1) is 34.8 Å². The molecule has 2 aliphatic rings. The number of morpholine rings is 1. The zero-order valence-corrected chi connectivity index (χ0v) is 29.0. The van der Waals surface area contributed by atoms with E-state index >= 15 is 0 Å². The maximum atomic E-state index is 13.5. The van der Waals surface area contributed by atoms with Crippen molar-refractivity contribution in [2.45, 2.75) is 26.4 Å². The summed E-state index contributed by atoms with van der Waals surface area (Å²) in [5.41, 5.74) is 2.91. The molecule has 10 nitrogen and oxygen atoms in total. The fourth-order valence-electron chi connectivity index (χ4n) is 5.11. The Labute approximate surface area is 294 Å². The van der Waals surface area contributed by atoms with Crippen molar-refractivity contribution >= 4 is 69.4 Å². The van der Waals surface area contributed by atoms with E-state index in [0.29, 0.717) is 56.8 Å². The van der Waals surface area contributed by atoms with Crippen molar-refractivity contribution < 1.29 is 33.7 Å². The van der Waals surface area contributed by atoms with Crippen molar-refractivity contribution in [1.29, 1.82) is 0 Å². The molecule has 0 spiro atoms. The van der Waals surface area contributed by atoms with Gasteiger partial charge >= 0.3 is 5.97 Å². The maximum absolute atomic E-state index is 13.5. The Morgan fingerprint density at radius 2 is 1.83 bits per heavy atom. The lowest BCUT2D eigenvalue weighted by molar-refractivity contribution is -0.122. The highest BCUT2D eigenvalue weighted by Gasteiger charge is 2.32. The summed E-state index contributed by atoms with van der Waals surface area (Å²) in [5, 5.41) is 12.3. The third-order valence-electron chi connectivity index (χ3n) is 7.54. The number of thioether (sulfide) groups is 1. The maximum Gasteiger partial charge on any atom is 0.335 e. The summed E-state index contributed by atoms with van der Waals surface area (Å²) in [5.74, 6) is -0.400. The molecule has 0 unspecified atom stereocenters. The summed E-state index contributed by atoms with van der Waals surface area (Å²) in [6, 6.07) is 17.2. The Kier molecular flexibility index (Phi) is 12.1. The third-order valence-corrected chi connectivity index (χ3v) is 9.23. The van der Waals surface area contributed by atoms with Crippen LogP contribution < -0.4 is 14.8 Å². The van der Waals surface area contributed by atoms with E-state index in [2.05, 4.69) is 10.2 Å². The number of nitrogens with zero attached hydrogens (tertiary/aromatic N) is 2. The number of thiocarbonyl (C=S) groups is 1. The summed E-state index contributed by atoms with van der Waals surface area (Å²) in [6.45, 7) is 8.28. The molecule has 2 fully saturated rings. The van der Waals surface area contributed by atoms with Crippen molar-refractivity contribution in [1.82, 2.24) is 9.80 Å². The average Bonchev–Trinajstić information content (AvgIpc) is 3.32. The average molecular weight is 710 g/mol. The SMILES string of the molecule is CC(C)Oc1ccc(-c2ccc(OCCN3CCOCC3)c(C=C3SC(=S)N(CCC(=O)Nc4ccc(C(=O)O)cc4)C3=O)c2)c(Cl)c1. The summed E-state index contributed by atoms with van der Waals surface area (Å²) < 4.78 is 17.8. The van der Waals surface area contributed by atoms with Gasteiger partial charge in [0.1, 0.15) is 22.4 Å². The van der Waals surface area contributed by atoms with E-state index in [1.165, 1.54) is 40.9 Å². The van der Waals surface area contributed by atoms with Gasteiger partial charge in [-0.25, -0.2) is 4.79 Å². The molecule has 13 heteroatoms. The number of rotatable bonds is 13. The van der Waals surface area contributed by atoms with Crippen LogP contribution in [-0.2, 0) is 14.3 Å². The number of halogens is 1. The van der Waals surface area contributed by atoms with Crippen molar-refractivity contribution in [2.75, 3.05) is 51.3 Å². The molecule has 5 rings (SSSR count). The number of nitrogens with one attached hydrogen (secondary N) is 1. The second-order valence-corrected chi connectivity index (χ2v) is 13.5. The van der Waals surface area contributed by atoms with Crippen LogP contribution in [0.3, 0.4) is 0 Å². The van der Waals surface area contributed by atoms with Crippen LogP contribution in [-0.4, -0.2) is 89.1 Å². The molecule has 252 valence electrons. The lowest BCUT2D eigenvalue weighted by atomic mass is 10.0. The van der Waals surface area contributed by atoms with E-state index < -0.39 is 5.97 Å². The first kappa shape index (κ1) is 35.4. The topological polar surface area (TPSA) is 118 Å². The number of carboxylic acids is 1. The molecule has 3 aromatic rings. The second-order valence-electron chi connectivity index (χ2n) is 11.4. The largest absolute Gasteiger partial charge is 0.492 e. The highest BCUT2D eigenvalue weighted by atomic mass is 35.5. The molecule has 2 N–H and O–H groups in total. The number of aromatic carboxylic acids is 1. The van der Waals surface area contributed by atoms with Gasteiger partial charge in [-0.2, -0.15) is 0 Å². The van der Waals surface area contributed by atoms with Crippen molar-refractivity contribution in [3.63, 3.8) is 0 Å². The number of carboxylic acid groups (broad SMARTS) is 1. The highest BCUT2D eigenvalue weighted by molar-refractivity contribution is 8.26. The molecule has 2 aliphatic heterocycles. The Hall–Kier alpha value is -3.94. The number of hydrogen-bond donors (Lipinski definition) is 2. The number of anilines is 1. The zero-order chi connectivity index (χ0) is 34.2. The van der Waals surface area contributed by atoms with Crippen LogP contribution in [0, 0.1) is 0 Å². The predicted molar refractivity (Wildman–Crippen MR) is 192 cm³/mol. The van der Waals surface area contributed by atoms with Crippen molar-refractivity contribution in [2.24, 2.45) is 0 Å². The molecule has 0 aromatic heterocycles. The highest BCUT2D eigenvalue weighted by Crippen LogP contribution is 2.38. The van der Waals surface area contributed by atoms with Gasteiger partial charge in [-0.3, -0.25) is 19.4 Å².